The smallest absolute Gasteiger partial charge is 0.261 e. The minimum atomic E-state index is -0.471. The Labute approximate surface area is 136 Å². The lowest BCUT2D eigenvalue weighted by Crippen LogP contribution is -3.14. The molecule has 1 amide bonds. The van der Waals surface area contributed by atoms with E-state index in [9.17, 15) is 4.79 Å². The minimum Gasteiger partial charge on any atom is -0.481 e. The van der Waals surface area contributed by atoms with Crippen molar-refractivity contribution in [3.8, 4) is 5.75 Å². The molecule has 0 aliphatic carbocycles. The largest absolute Gasteiger partial charge is 0.481 e. The first-order valence-electron chi connectivity index (χ1n) is 7.80. The summed E-state index contributed by atoms with van der Waals surface area (Å²) in [5.74, 6) is 0.593. The molecule has 0 bridgehead atoms. The number of amides is 1. The van der Waals surface area contributed by atoms with Gasteiger partial charge in [-0.15, -0.1) is 0 Å². The first-order chi connectivity index (χ1) is 10.7. The van der Waals surface area contributed by atoms with Crippen molar-refractivity contribution in [1.29, 1.82) is 0 Å². The van der Waals surface area contributed by atoms with Crippen molar-refractivity contribution in [1.82, 2.24) is 5.32 Å². The van der Waals surface area contributed by atoms with Crippen LogP contribution >= 0.6 is 11.6 Å². The number of hydrogen-bond acceptors (Lipinski definition) is 3. The molecule has 0 aromatic heterocycles. The highest BCUT2D eigenvalue weighted by atomic mass is 35.5. The van der Waals surface area contributed by atoms with Crippen LogP contribution in [0.5, 0.6) is 5.75 Å². The average molecular weight is 328 g/mol. The molecule has 0 radical (unpaired) electrons. The maximum absolute atomic E-state index is 12.2. The summed E-state index contributed by atoms with van der Waals surface area (Å²) in [5, 5.41) is 3.61. The zero-order chi connectivity index (χ0) is 15.8. The topological polar surface area (TPSA) is 52.0 Å². The van der Waals surface area contributed by atoms with Gasteiger partial charge in [0.05, 0.1) is 26.3 Å². The maximum atomic E-state index is 12.2. The van der Waals surface area contributed by atoms with Gasteiger partial charge in [-0.3, -0.25) is 4.79 Å². The summed E-state index contributed by atoms with van der Waals surface area (Å²) < 4.78 is 11.0. The molecule has 0 unspecified atom stereocenters. The molecule has 5 nitrogen and oxygen atoms in total. The number of halogens is 1. The lowest BCUT2D eigenvalue weighted by molar-refractivity contribution is -0.906. The molecule has 1 saturated heterocycles. The molecule has 0 saturated carbocycles. The van der Waals surface area contributed by atoms with E-state index in [1.54, 1.807) is 24.3 Å². The number of quaternary nitrogens is 1. The second-order valence-corrected chi connectivity index (χ2v) is 5.81. The molecule has 2 N–H and O–H groups in total. The van der Waals surface area contributed by atoms with Crippen LogP contribution in [0.1, 0.15) is 13.3 Å². The molecule has 1 heterocycles. The molecule has 0 spiro atoms. The molecule has 22 heavy (non-hydrogen) atoms. The van der Waals surface area contributed by atoms with Crippen molar-refractivity contribution in [2.24, 2.45) is 0 Å². The third-order valence-electron chi connectivity index (χ3n) is 3.73. The number of rotatable bonds is 7. The van der Waals surface area contributed by atoms with E-state index >= 15 is 0 Å². The molecule has 1 aliphatic heterocycles. The van der Waals surface area contributed by atoms with Gasteiger partial charge in [0.15, 0.2) is 6.10 Å². The molecular weight excluding hydrogens is 304 g/mol. The van der Waals surface area contributed by atoms with Crippen molar-refractivity contribution in [2.75, 3.05) is 39.4 Å². The number of carbonyl (C=O) groups is 1. The van der Waals surface area contributed by atoms with Gasteiger partial charge in [-0.05, 0) is 30.7 Å². The highest BCUT2D eigenvalue weighted by Gasteiger charge is 2.19. The van der Waals surface area contributed by atoms with Crippen LogP contribution in [0.25, 0.3) is 0 Å². The molecule has 1 aromatic rings. The van der Waals surface area contributed by atoms with Gasteiger partial charge in [0.2, 0.25) is 0 Å². The van der Waals surface area contributed by atoms with Gasteiger partial charge in [0.25, 0.3) is 5.91 Å². The Morgan fingerprint density at radius 1 is 1.36 bits per heavy atom. The quantitative estimate of drug-likeness (QED) is 0.768. The Morgan fingerprint density at radius 3 is 2.68 bits per heavy atom. The first kappa shape index (κ1) is 17.1. The molecule has 6 heteroatoms. The Morgan fingerprint density at radius 2 is 2.05 bits per heavy atom. The van der Waals surface area contributed by atoms with Gasteiger partial charge in [-0.1, -0.05) is 18.5 Å². The van der Waals surface area contributed by atoms with Crippen molar-refractivity contribution in [3.05, 3.63) is 29.3 Å². The first-order valence-corrected chi connectivity index (χ1v) is 8.18. The molecular formula is C16H24ClN2O3+. The van der Waals surface area contributed by atoms with Crippen LogP contribution < -0.4 is 15.0 Å². The number of nitrogens with one attached hydrogen (secondary N) is 2. The monoisotopic (exact) mass is 327 g/mol. The van der Waals surface area contributed by atoms with Crippen molar-refractivity contribution in [2.45, 2.75) is 19.4 Å². The number of morpholine rings is 1. The van der Waals surface area contributed by atoms with Gasteiger partial charge < -0.3 is 19.7 Å². The molecule has 1 fully saturated rings. The molecule has 1 aliphatic rings. The fourth-order valence-corrected chi connectivity index (χ4v) is 2.51. The van der Waals surface area contributed by atoms with E-state index in [0.717, 1.165) is 32.8 Å². The average Bonchev–Trinajstić information content (AvgIpc) is 2.55. The summed E-state index contributed by atoms with van der Waals surface area (Å²) in [5.41, 5.74) is 0. The SMILES string of the molecule is CC[C@H](Oc1ccc(Cl)cc1)C(=O)NCC[NH+]1CCOCC1. The van der Waals surface area contributed by atoms with Gasteiger partial charge in [-0.25, -0.2) is 0 Å². The van der Waals surface area contributed by atoms with Gasteiger partial charge in [0.1, 0.15) is 18.8 Å². The van der Waals surface area contributed by atoms with E-state index in [0.29, 0.717) is 23.7 Å². The van der Waals surface area contributed by atoms with Gasteiger partial charge in [-0.2, -0.15) is 0 Å². The fraction of sp³-hybridized carbons (Fsp3) is 0.562. The van der Waals surface area contributed by atoms with Crippen LogP contribution in [0.3, 0.4) is 0 Å². The molecule has 122 valence electrons. The van der Waals surface area contributed by atoms with Gasteiger partial charge >= 0.3 is 0 Å². The number of ether oxygens (including phenoxy) is 2. The van der Waals surface area contributed by atoms with Crippen LogP contribution in [0.4, 0.5) is 0 Å². The second kappa shape index (κ2) is 8.98. The predicted molar refractivity (Wildman–Crippen MR) is 85.6 cm³/mol. The molecule has 1 aromatic carbocycles. The zero-order valence-electron chi connectivity index (χ0n) is 12.9. The summed E-state index contributed by atoms with van der Waals surface area (Å²) in [6.45, 7) is 7.15. The van der Waals surface area contributed by atoms with Crippen LogP contribution in [-0.2, 0) is 9.53 Å². The summed E-state index contributed by atoms with van der Waals surface area (Å²) in [7, 11) is 0. The number of carbonyl (C=O) groups excluding carboxylic acids is 1. The lowest BCUT2D eigenvalue weighted by Gasteiger charge is -2.24. The van der Waals surface area contributed by atoms with E-state index in [1.165, 1.54) is 4.90 Å². The Bertz CT molecular complexity index is 461. The summed E-state index contributed by atoms with van der Waals surface area (Å²) >= 11 is 5.84. The Hall–Kier alpha value is -1.30. The van der Waals surface area contributed by atoms with E-state index in [4.69, 9.17) is 21.1 Å². The third kappa shape index (κ3) is 5.48. The number of benzene rings is 1. The van der Waals surface area contributed by atoms with Crippen LogP contribution in [0, 0.1) is 0 Å². The van der Waals surface area contributed by atoms with E-state index in [2.05, 4.69) is 5.32 Å². The summed E-state index contributed by atoms with van der Waals surface area (Å²) in [6, 6.07) is 7.05. The predicted octanol–water partition coefficient (Wildman–Crippen LogP) is 0.529. The van der Waals surface area contributed by atoms with Gasteiger partial charge in [0, 0.05) is 5.02 Å². The summed E-state index contributed by atoms with van der Waals surface area (Å²) in [6.07, 6.45) is 0.152. The second-order valence-electron chi connectivity index (χ2n) is 5.37. The van der Waals surface area contributed by atoms with Crippen LogP contribution in [-0.4, -0.2) is 51.4 Å². The normalized spacial score (nSPS) is 17.0. The standard InChI is InChI=1S/C16H23ClN2O3/c1-2-15(22-14-5-3-13(17)4-6-14)16(20)18-7-8-19-9-11-21-12-10-19/h3-6,15H,2,7-12H2,1H3,(H,18,20)/p+1/t15-/m0/s1. The molecule has 1 atom stereocenters. The Kier molecular flexibility index (Phi) is 6.96. The highest BCUT2D eigenvalue weighted by Crippen LogP contribution is 2.17. The maximum Gasteiger partial charge on any atom is 0.261 e. The fourth-order valence-electron chi connectivity index (χ4n) is 2.39. The lowest BCUT2D eigenvalue weighted by atomic mass is 10.2. The van der Waals surface area contributed by atoms with Crippen LogP contribution in [0.15, 0.2) is 24.3 Å². The van der Waals surface area contributed by atoms with E-state index in [1.807, 2.05) is 6.92 Å². The highest BCUT2D eigenvalue weighted by molar-refractivity contribution is 6.30. The van der Waals surface area contributed by atoms with E-state index < -0.39 is 6.10 Å². The van der Waals surface area contributed by atoms with Crippen molar-refractivity contribution in [3.63, 3.8) is 0 Å². The summed E-state index contributed by atoms with van der Waals surface area (Å²) in [4.78, 5) is 13.7. The minimum absolute atomic E-state index is 0.0647. The van der Waals surface area contributed by atoms with Crippen LogP contribution in [0.2, 0.25) is 5.02 Å². The third-order valence-corrected chi connectivity index (χ3v) is 3.98. The van der Waals surface area contributed by atoms with Crippen molar-refractivity contribution >= 4 is 17.5 Å². The Balaban J connectivity index is 1.74. The van der Waals surface area contributed by atoms with E-state index in [-0.39, 0.29) is 5.91 Å². The number of hydrogen-bond donors (Lipinski definition) is 2. The molecule has 2 rings (SSSR count). The van der Waals surface area contributed by atoms with Crippen molar-refractivity contribution < 1.29 is 19.2 Å². The zero-order valence-corrected chi connectivity index (χ0v) is 13.7.